The van der Waals surface area contributed by atoms with Crippen LogP contribution in [0.25, 0.3) is 0 Å². The molecule has 0 aliphatic carbocycles. The maximum atomic E-state index is 4.96. The maximum Gasteiger partial charge on any atom is 0.316 e. The zero-order valence-electron chi connectivity index (χ0n) is 11.7. The molecule has 2 heterocycles. The van der Waals surface area contributed by atoms with Gasteiger partial charge in [0.05, 0.1) is 7.11 Å². The Kier molecular flexibility index (Phi) is 3.92. The van der Waals surface area contributed by atoms with Gasteiger partial charge in [-0.05, 0) is 17.9 Å². The van der Waals surface area contributed by atoms with Crippen molar-refractivity contribution >= 4 is 0 Å². The van der Waals surface area contributed by atoms with E-state index in [-0.39, 0.29) is 0 Å². The number of aromatic nitrogens is 2. The molecule has 1 fully saturated rings. The standard InChI is InChI=1S/C16H19N3O/c1-20-16-17-8-15(9-18-16)12-19-10-14(11-19)7-13-5-3-2-4-6-13/h2-6,8-9,14H,7,10-12H2,1H3. The SMILES string of the molecule is COc1ncc(CN2CC(Cc3ccccc3)C2)cn1. The molecule has 0 atom stereocenters. The topological polar surface area (TPSA) is 38.2 Å². The molecule has 0 unspecified atom stereocenters. The van der Waals surface area contributed by atoms with Gasteiger partial charge in [0, 0.05) is 37.6 Å². The molecule has 3 rings (SSSR count). The predicted octanol–water partition coefficient (Wildman–Crippen LogP) is 2.16. The highest BCUT2D eigenvalue weighted by molar-refractivity contribution is 5.16. The number of ether oxygens (including phenoxy) is 1. The molecule has 1 aliphatic rings. The van der Waals surface area contributed by atoms with Crippen molar-refractivity contribution in [2.75, 3.05) is 20.2 Å². The van der Waals surface area contributed by atoms with Crippen LogP contribution in [0.5, 0.6) is 6.01 Å². The van der Waals surface area contributed by atoms with E-state index < -0.39 is 0 Å². The monoisotopic (exact) mass is 269 g/mol. The molecule has 104 valence electrons. The molecule has 0 spiro atoms. The highest BCUT2D eigenvalue weighted by atomic mass is 16.5. The summed E-state index contributed by atoms with van der Waals surface area (Å²) in [7, 11) is 1.58. The molecular weight excluding hydrogens is 250 g/mol. The summed E-state index contributed by atoms with van der Waals surface area (Å²) in [5, 5.41) is 0. The van der Waals surface area contributed by atoms with E-state index >= 15 is 0 Å². The number of nitrogens with zero attached hydrogens (tertiary/aromatic N) is 3. The van der Waals surface area contributed by atoms with E-state index in [2.05, 4.69) is 45.2 Å². The minimum atomic E-state index is 0.430. The minimum absolute atomic E-state index is 0.430. The Morgan fingerprint density at radius 3 is 2.45 bits per heavy atom. The quantitative estimate of drug-likeness (QED) is 0.833. The Bertz CT molecular complexity index is 535. The fraction of sp³-hybridized carbons (Fsp3) is 0.375. The van der Waals surface area contributed by atoms with E-state index in [0.29, 0.717) is 6.01 Å². The molecule has 0 bridgehead atoms. The average Bonchev–Trinajstić information content (AvgIpc) is 2.47. The first kappa shape index (κ1) is 13.1. The molecule has 1 saturated heterocycles. The average molecular weight is 269 g/mol. The second-order valence-electron chi connectivity index (χ2n) is 5.33. The smallest absolute Gasteiger partial charge is 0.316 e. The molecule has 4 heteroatoms. The van der Waals surface area contributed by atoms with Crippen molar-refractivity contribution in [2.24, 2.45) is 5.92 Å². The van der Waals surface area contributed by atoms with Gasteiger partial charge in [-0.1, -0.05) is 30.3 Å². The fourth-order valence-electron chi connectivity index (χ4n) is 2.67. The molecule has 1 aromatic carbocycles. The van der Waals surface area contributed by atoms with Crippen molar-refractivity contribution in [1.82, 2.24) is 14.9 Å². The third kappa shape index (κ3) is 3.14. The number of rotatable bonds is 5. The van der Waals surface area contributed by atoms with Gasteiger partial charge in [-0.15, -0.1) is 0 Å². The summed E-state index contributed by atoms with van der Waals surface area (Å²) in [4.78, 5) is 10.7. The number of benzene rings is 1. The highest BCUT2D eigenvalue weighted by Gasteiger charge is 2.26. The van der Waals surface area contributed by atoms with Crippen molar-refractivity contribution in [2.45, 2.75) is 13.0 Å². The third-order valence-corrected chi connectivity index (χ3v) is 3.67. The van der Waals surface area contributed by atoms with Crippen LogP contribution in [-0.4, -0.2) is 35.1 Å². The van der Waals surface area contributed by atoms with Crippen LogP contribution in [0.15, 0.2) is 42.7 Å². The first-order valence-electron chi connectivity index (χ1n) is 6.94. The van der Waals surface area contributed by atoms with Gasteiger partial charge in [0.1, 0.15) is 0 Å². The van der Waals surface area contributed by atoms with Crippen LogP contribution in [0.4, 0.5) is 0 Å². The zero-order chi connectivity index (χ0) is 13.8. The molecule has 1 aromatic heterocycles. The van der Waals surface area contributed by atoms with Crippen molar-refractivity contribution < 1.29 is 4.74 Å². The summed E-state index contributed by atoms with van der Waals surface area (Å²) in [5.41, 5.74) is 2.58. The van der Waals surface area contributed by atoms with Gasteiger partial charge < -0.3 is 4.74 Å². The molecule has 0 N–H and O–H groups in total. The molecule has 4 nitrogen and oxygen atoms in total. The number of likely N-dealkylation sites (tertiary alicyclic amines) is 1. The Labute approximate surface area is 119 Å². The van der Waals surface area contributed by atoms with Crippen LogP contribution in [0.1, 0.15) is 11.1 Å². The molecule has 0 saturated carbocycles. The van der Waals surface area contributed by atoms with Crippen LogP contribution in [0.2, 0.25) is 0 Å². The molecular formula is C16H19N3O. The normalized spacial score (nSPS) is 15.8. The summed E-state index contributed by atoms with van der Waals surface area (Å²) in [5.74, 6) is 0.775. The van der Waals surface area contributed by atoms with E-state index in [9.17, 15) is 0 Å². The molecule has 0 amide bonds. The lowest BCUT2D eigenvalue weighted by molar-refractivity contribution is 0.0923. The molecule has 1 aliphatic heterocycles. The number of hydrogen-bond donors (Lipinski definition) is 0. The van der Waals surface area contributed by atoms with Gasteiger partial charge >= 0.3 is 6.01 Å². The molecule has 2 aromatic rings. The fourth-order valence-corrected chi connectivity index (χ4v) is 2.67. The van der Waals surface area contributed by atoms with Gasteiger partial charge in [-0.3, -0.25) is 4.90 Å². The van der Waals surface area contributed by atoms with Gasteiger partial charge in [0.2, 0.25) is 0 Å². The largest absolute Gasteiger partial charge is 0.467 e. The van der Waals surface area contributed by atoms with Crippen LogP contribution in [-0.2, 0) is 13.0 Å². The first-order chi connectivity index (χ1) is 9.83. The number of hydrogen-bond acceptors (Lipinski definition) is 4. The summed E-state index contributed by atoms with van der Waals surface area (Å²) in [6.07, 6.45) is 4.86. The Morgan fingerprint density at radius 1 is 1.10 bits per heavy atom. The van der Waals surface area contributed by atoms with E-state index in [4.69, 9.17) is 4.74 Å². The Hall–Kier alpha value is -1.94. The Balaban J connectivity index is 1.46. The number of methoxy groups -OCH3 is 1. The van der Waals surface area contributed by atoms with E-state index in [1.807, 2.05) is 12.4 Å². The lowest BCUT2D eigenvalue weighted by atomic mass is 9.92. The molecule has 20 heavy (non-hydrogen) atoms. The summed E-state index contributed by atoms with van der Waals surface area (Å²) < 4.78 is 4.96. The lowest BCUT2D eigenvalue weighted by Crippen LogP contribution is -2.46. The van der Waals surface area contributed by atoms with Crippen molar-refractivity contribution in [3.05, 3.63) is 53.9 Å². The second kappa shape index (κ2) is 6.01. The predicted molar refractivity (Wildman–Crippen MR) is 77.5 cm³/mol. The van der Waals surface area contributed by atoms with Gasteiger partial charge in [-0.25, -0.2) is 9.97 Å². The summed E-state index contributed by atoms with van der Waals surface area (Å²) >= 11 is 0. The lowest BCUT2D eigenvalue weighted by Gasteiger charge is -2.39. The molecule has 0 radical (unpaired) electrons. The van der Waals surface area contributed by atoms with Crippen molar-refractivity contribution in [1.29, 1.82) is 0 Å². The summed E-state index contributed by atoms with van der Waals surface area (Å²) in [6.45, 7) is 3.23. The van der Waals surface area contributed by atoms with Crippen LogP contribution in [0, 0.1) is 5.92 Å². The van der Waals surface area contributed by atoms with Crippen molar-refractivity contribution in [3.63, 3.8) is 0 Å². The Morgan fingerprint density at radius 2 is 1.80 bits per heavy atom. The highest BCUT2D eigenvalue weighted by Crippen LogP contribution is 2.22. The van der Waals surface area contributed by atoms with Crippen LogP contribution < -0.4 is 4.74 Å². The van der Waals surface area contributed by atoms with Crippen LogP contribution in [0.3, 0.4) is 0 Å². The second-order valence-corrected chi connectivity index (χ2v) is 5.33. The van der Waals surface area contributed by atoms with E-state index in [1.165, 1.54) is 12.0 Å². The van der Waals surface area contributed by atoms with Gasteiger partial charge in [0.25, 0.3) is 0 Å². The third-order valence-electron chi connectivity index (χ3n) is 3.67. The van der Waals surface area contributed by atoms with Crippen molar-refractivity contribution in [3.8, 4) is 6.01 Å². The maximum absolute atomic E-state index is 4.96. The van der Waals surface area contributed by atoms with Crippen LogP contribution >= 0.6 is 0 Å². The first-order valence-corrected chi connectivity index (χ1v) is 6.94. The summed E-state index contributed by atoms with van der Waals surface area (Å²) in [6, 6.07) is 11.1. The van der Waals surface area contributed by atoms with E-state index in [0.717, 1.165) is 31.1 Å². The zero-order valence-corrected chi connectivity index (χ0v) is 11.7. The minimum Gasteiger partial charge on any atom is -0.467 e. The van der Waals surface area contributed by atoms with Gasteiger partial charge in [-0.2, -0.15) is 0 Å². The van der Waals surface area contributed by atoms with E-state index in [1.54, 1.807) is 7.11 Å². The van der Waals surface area contributed by atoms with Gasteiger partial charge in [0.15, 0.2) is 0 Å².